The second-order valence-electron chi connectivity index (χ2n) is 5.67. The number of carbonyl (C=O) groups excluding carboxylic acids is 2. The number of aliphatic hydroxyl groups is 1. The summed E-state index contributed by atoms with van der Waals surface area (Å²) in [6, 6.07) is 0. The molecule has 0 aliphatic carbocycles. The highest BCUT2D eigenvalue weighted by atomic mass is 16.8. The fourth-order valence-electron chi connectivity index (χ4n) is 2.78. The highest BCUT2D eigenvalue weighted by molar-refractivity contribution is 5.80. The average Bonchev–Trinajstić information content (AvgIpc) is 2.83. The molecular weight excluding hydrogens is 280 g/mol. The third-order valence-corrected chi connectivity index (χ3v) is 3.58. The molecule has 0 amide bonds. The molecule has 0 aromatic heterocycles. The van der Waals surface area contributed by atoms with Gasteiger partial charge in [-0.3, -0.25) is 4.79 Å². The molecule has 2 rings (SSSR count). The zero-order chi connectivity index (χ0) is 15.8. The maximum atomic E-state index is 11.8. The van der Waals surface area contributed by atoms with Crippen LogP contribution in [0.15, 0.2) is 12.7 Å². The summed E-state index contributed by atoms with van der Waals surface area (Å²) < 4.78 is 21.6. The first kappa shape index (κ1) is 15.9. The summed E-state index contributed by atoms with van der Waals surface area (Å²) in [5.41, 5.74) is -1.54. The third kappa shape index (κ3) is 2.81. The Hall–Kier alpha value is -1.44. The van der Waals surface area contributed by atoms with Gasteiger partial charge < -0.3 is 24.1 Å². The molecule has 2 saturated heterocycles. The number of hydrogen-bond acceptors (Lipinski definition) is 7. The van der Waals surface area contributed by atoms with Gasteiger partial charge in [-0.2, -0.15) is 0 Å². The Morgan fingerprint density at radius 2 is 2.24 bits per heavy atom. The molecule has 7 heteroatoms. The lowest BCUT2D eigenvalue weighted by atomic mass is 9.86. The maximum absolute atomic E-state index is 11.8. The zero-order valence-corrected chi connectivity index (χ0v) is 12.3. The van der Waals surface area contributed by atoms with E-state index in [0.717, 1.165) is 0 Å². The number of ether oxygens (including phenoxy) is 4. The van der Waals surface area contributed by atoms with Crippen LogP contribution in [0.2, 0.25) is 0 Å². The van der Waals surface area contributed by atoms with Crippen molar-refractivity contribution in [3.05, 3.63) is 12.7 Å². The van der Waals surface area contributed by atoms with Gasteiger partial charge in [0.25, 0.3) is 0 Å². The van der Waals surface area contributed by atoms with Crippen LogP contribution >= 0.6 is 0 Å². The van der Waals surface area contributed by atoms with Crippen molar-refractivity contribution in [1.29, 1.82) is 0 Å². The van der Waals surface area contributed by atoms with Crippen molar-refractivity contribution < 1.29 is 33.6 Å². The number of rotatable bonds is 4. The Labute approximate surface area is 122 Å². The smallest absolute Gasteiger partial charge is 0.339 e. The van der Waals surface area contributed by atoms with Gasteiger partial charge in [-0.15, -0.1) is 6.58 Å². The van der Waals surface area contributed by atoms with Crippen LogP contribution in [0.25, 0.3) is 0 Å². The van der Waals surface area contributed by atoms with Crippen LogP contribution in [-0.4, -0.2) is 53.4 Å². The number of hydrogen-bond donors (Lipinski definition) is 1. The van der Waals surface area contributed by atoms with Crippen LogP contribution in [0, 0.1) is 0 Å². The number of carbonyl (C=O) groups is 2. The fraction of sp³-hybridized carbons (Fsp3) is 0.714. The van der Waals surface area contributed by atoms with Crippen molar-refractivity contribution in [3.8, 4) is 0 Å². The van der Waals surface area contributed by atoms with E-state index in [-0.39, 0.29) is 13.0 Å². The first-order chi connectivity index (χ1) is 9.72. The van der Waals surface area contributed by atoms with Gasteiger partial charge in [0.05, 0.1) is 6.61 Å². The van der Waals surface area contributed by atoms with Crippen LogP contribution in [0.4, 0.5) is 0 Å². The Kier molecular flexibility index (Phi) is 4.10. The summed E-state index contributed by atoms with van der Waals surface area (Å²) in [7, 11) is 0. The van der Waals surface area contributed by atoms with E-state index >= 15 is 0 Å². The van der Waals surface area contributed by atoms with Crippen LogP contribution < -0.4 is 0 Å². The lowest BCUT2D eigenvalue weighted by Gasteiger charge is -2.35. The highest BCUT2D eigenvalue weighted by Gasteiger charge is 2.63. The van der Waals surface area contributed by atoms with Crippen LogP contribution in [0.3, 0.4) is 0 Å². The zero-order valence-electron chi connectivity index (χ0n) is 12.3. The van der Waals surface area contributed by atoms with E-state index in [0.29, 0.717) is 0 Å². The Morgan fingerprint density at radius 1 is 1.57 bits per heavy atom. The van der Waals surface area contributed by atoms with Crippen LogP contribution in [-0.2, 0) is 28.5 Å². The van der Waals surface area contributed by atoms with Crippen molar-refractivity contribution in [1.82, 2.24) is 0 Å². The van der Waals surface area contributed by atoms with Gasteiger partial charge in [0.2, 0.25) is 0 Å². The minimum absolute atomic E-state index is 0.0600. The molecule has 0 saturated carbocycles. The van der Waals surface area contributed by atoms with Gasteiger partial charge in [-0.25, -0.2) is 4.79 Å². The molecule has 118 valence electrons. The summed E-state index contributed by atoms with van der Waals surface area (Å²) in [5.74, 6) is -2.31. The summed E-state index contributed by atoms with van der Waals surface area (Å²) in [4.78, 5) is 23.2. The van der Waals surface area contributed by atoms with Crippen molar-refractivity contribution in [3.63, 3.8) is 0 Å². The van der Waals surface area contributed by atoms with Gasteiger partial charge in [0, 0.05) is 13.3 Å². The van der Waals surface area contributed by atoms with E-state index in [1.54, 1.807) is 13.8 Å². The first-order valence-electron chi connectivity index (χ1n) is 6.72. The maximum Gasteiger partial charge on any atom is 0.339 e. The normalized spacial score (nSPS) is 38.1. The Morgan fingerprint density at radius 3 is 2.71 bits per heavy atom. The number of cyclic esters (lactones) is 1. The van der Waals surface area contributed by atoms with Gasteiger partial charge >= 0.3 is 11.9 Å². The second-order valence-corrected chi connectivity index (χ2v) is 5.67. The van der Waals surface area contributed by atoms with E-state index in [1.807, 2.05) is 0 Å². The van der Waals surface area contributed by atoms with Crippen molar-refractivity contribution in [2.45, 2.75) is 56.9 Å². The molecule has 0 spiro atoms. The second kappa shape index (κ2) is 5.40. The quantitative estimate of drug-likeness (QED) is 0.590. The highest BCUT2D eigenvalue weighted by Crippen LogP contribution is 2.40. The summed E-state index contributed by atoms with van der Waals surface area (Å²) in [6.45, 7) is 8.40. The van der Waals surface area contributed by atoms with Gasteiger partial charge in [-0.05, 0) is 13.8 Å². The van der Waals surface area contributed by atoms with Gasteiger partial charge in [-0.1, -0.05) is 6.08 Å². The minimum Gasteiger partial charge on any atom is -0.453 e. The Bertz CT molecular complexity index is 458. The topological polar surface area (TPSA) is 91.3 Å². The number of aliphatic hydroxyl groups excluding tert-OH is 1. The molecule has 2 aliphatic heterocycles. The SMILES string of the molecule is C=CCC1(OC(C)=O)C(O)C(=O)O[C@@H]1[C@@H]1COC(C)(C)O1. The van der Waals surface area contributed by atoms with E-state index in [2.05, 4.69) is 6.58 Å². The molecule has 0 aromatic carbocycles. The molecule has 2 heterocycles. The molecular formula is C14H20O7. The summed E-state index contributed by atoms with van der Waals surface area (Å²) in [6.07, 6.45) is -1.66. The van der Waals surface area contributed by atoms with Gasteiger partial charge in [0.1, 0.15) is 6.10 Å². The molecule has 2 aliphatic rings. The molecule has 7 nitrogen and oxygen atoms in total. The van der Waals surface area contributed by atoms with E-state index in [4.69, 9.17) is 18.9 Å². The molecule has 2 unspecified atom stereocenters. The van der Waals surface area contributed by atoms with E-state index in [9.17, 15) is 14.7 Å². The predicted octanol–water partition coefficient (Wildman–Crippen LogP) is 0.302. The third-order valence-electron chi connectivity index (χ3n) is 3.58. The molecule has 4 atom stereocenters. The fourth-order valence-corrected chi connectivity index (χ4v) is 2.78. The summed E-state index contributed by atoms with van der Waals surface area (Å²) in [5, 5.41) is 10.2. The lowest BCUT2D eigenvalue weighted by molar-refractivity contribution is -0.192. The molecule has 0 bridgehead atoms. The van der Waals surface area contributed by atoms with Crippen LogP contribution in [0.1, 0.15) is 27.2 Å². The van der Waals surface area contributed by atoms with E-state index in [1.165, 1.54) is 13.0 Å². The predicted molar refractivity (Wildman–Crippen MR) is 70.1 cm³/mol. The lowest BCUT2D eigenvalue weighted by Crippen LogP contribution is -2.55. The standard InChI is InChI=1S/C14H20O7/c1-5-6-14(20-8(2)15)10(16)12(17)19-11(14)9-7-18-13(3,4)21-9/h5,9-11,16H,1,6-7H2,2-4H3/t9-,10?,11+,14?/m0/s1. The molecule has 0 radical (unpaired) electrons. The Balaban J connectivity index is 2.34. The first-order valence-corrected chi connectivity index (χ1v) is 6.72. The average molecular weight is 300 g/mol. The number of esters is 2. The van der Waals surface area contributed by atoms with Gasteiger partial charge in [0.15, 0.2) is 23.6 Å². The van der Waals surface area contributed by atoms with Crippen molar-refractivity contribution in [2.75, 3.05) is 6.61 Å². The van der Waals surface area contributed by atoms with Crippen LogP contribution in [0.5, 0.6) is 0 Å². The van der Waals surface area contributed by atoms with Crippen molar-refractivity contribution in [2.24, 2.45) is 0 Å². The summed E-state index contributed by atoms with van der Waals surface area (Å²) >= 11 is 0. The largest absolute Gasteiger partial charge is 0.453 e. The molecule has 1 N–H and O–H groups in total. The molecule has 0 aromatic rings. The van der Waals surface area contributed by atoms with E-state index < -0.39 is 41.6 Å². The monoisotopic (exact) mass is 300 g/mol. The van der Waals surface area contributed by atoms with Crippen molar-refractivity contribution >= 4 is 11.9 Å². The molecule has 21 heavy (non-hydrogen) atoms. The minimum atomic E-state index is -1.59. The molecule has 2 fully saturated rings.